The number of carbonyl (C=O) groups is 1. The second kappa shape index (κ2) is 8.14. The molecule has 0 unspecified atom stereocenters. The molecular weight excluding hydrogens is 318 g/mol. The molecule has 1 aromatic carbocycles. The molecule has 0 fully saturated rings. The molecule has 0 saturated carbocycles. The third-order valence-corrected chi connectivity index (χ3v) is 3.58. The van der Waals surface area contributed by atoms with Crippen LogP contribution in [0.3, 0.4) is 0 Å². The first-order chi connectivity index (χ1) is 11.8. The van der Waals surface area contributed by atoms with E-state index in [9.17, 15) is 4.79 Å². The Morgan fingerprint density at radius 3 is 2.44 bits per heavy atom. The Kier molecular flexibility index (Phi) is 6.17. The van der Waals surface area contributed by atoms with Crippen LogP contribution >= 0.6 is 0 Å². The minimum Gasteiger partial charge on any atom is -0.497 e. The van der Waals surface area contributed by atoms with Gasteiger partial charge in [-0.2, -0.15) is 9.67 Å². The van der Waals surface area contributed by atoms with Gasteiger partial charge in [0.1, 0.15) is 5.75 Å². The monoisotopic (exact) mass is 345 g/mol. The van der Waals surface area contributed by atoms with E-state index in [2.05, 4.69) is 17.0 Å². The smallest absolute Gasteiger partial charge is 0.336 e. The first-order valence-electron chi connectivity index (χ1n) is 8.61. The van der Waals surface area contributed by atoms with Crippen molar-refractivity contribution in [1.29, 1.82) is 0 Å². The molecule has 6 nitrogen and oxygen atoms in total. The van der Waals surface area contributed by atoms with E-state index in [-0.39, 0.29) is 17.3 Å². The van der Waals surface area contributed by atoms with Gasteiger partial charge in [-0.25, -0.2) is 0 Å². The summed E-state index contributed by atoms with van der Waals surface area (Å²) in [4.78, 5) is 17.1. The third-order valence-electron chi connectivity index (χ3n) is 3.58. The van der Waals surface area contributed by atoms with Crippen molar-refractivity contribution < 1.29 is 14.3 Å². The molecule has 0 aliphatic carbocycles. The van der Waals surface area contributed by atoms with Gasteiger partial charge >= 0.3 is 6.01 Å². The zero-order valence-corrected chi connectivity index (χ0v) is 15.7. The quantitative estimate of drug-likeness (QED) is 0.703. The Balaban J connectivity index is 2.35. The second-order valence-corrected chi connectivity index (χ2v) is 7.19. The highest BCUT2D eigenvalue weighted by Crippen LogP contribution is 2.25. The molecule has 6 heteroatoms. The minimum absolute atomic E-state index is 0.101. The molecule has 1 aromatic heterocycles. The van der Waals surface area contributed by atoms with Crippen molar-refractivity contribution in [1.82, 2.24) is 14.8 Å². The van der Waals surface area contributed by atoms with Crippen LogP contribution in [-0.2, 0) is 0 Å². The SMILES string of the molecule is CCCCOc1nc(-c2ccc(OC)cc2)n(C(=O)CC(C)(C)C)n1. The number of rotatable bonds is 7. The van der Waals surface area contributed by atoms with Crippen LogP contribution in [0.15, 0.2) is 24.3 Å². The predicted molar refractivity (Wildman–Crippen MR) is 97.1 cm³/mol. The number of aromatic nitrogens is 3. The molecule has 0 atom stereocenters. The van der Waals surface area contributed by atoms with Crippen LogP contribution in [0.1, 0.15) is 51.8 Å². The number of carbonyl (C=O) groups excluding carboxylic acids is 1. The predicted octanol–water partition coefficient (Wildman–Crippen LogP) is 4.21. The first kappa shape index (κ1) is 19.0. The van der Waals surface area contributed by atoms with Crippen molar-refractivity contribution in [2.75, 3.05) is 13.7 Å². The molecule has 0 radical (unpaired) electrons. The summed E-state index contributed by atoms with van der Waals surface area (Å²) in [6.07, 6.45) is 2.31. The summed E-state index contributed by atoms with van der Waals surface area (Å²) in [6, 6.07) is 7.63. The van der Waals surface area contributed by atoms with E-state index in [0.717, 1.165) is 24.2 Å². The van der Waals surface area contributed by atoms with Gasteiger partial charge in [0.15, 0.2) is 5.82 Å². The molecule has 0 bridgehead atoms. The maximum absolute atomic E-state index is 12.7. The van der Waals surface area contributed by atoms with Crippen LogP contribution in [0.2, 0.25) is 0 Å². The lowest BCUT2D eigenvalue weighted by Crippen LogP contribution is -2.21. The van der Waals surface area contributed by atoms with Crippen LogP contribution in [0.4, 0.5) is 0 Å². The highest BCUT2D eigenvalue weighted by molar-refractivity contribution is 5.82. The fraction of sp³-hybridized carbons (Fsp3) is 0.526. The highest BCUT2D eigenvalue weighted by atomic mass is 16.5. The fourth-order valence-electron chi connectivity index (χ4n) is 2.29. The number of hydrogen-bond donors (Lipinski definition) is 0. The lowest BCUT2D eigenvalue weighted by atomic mass is 9.92. The maximum atomic E-state index is 12.7. The average molecular weight is 345 g/mol. The van der Waals surface area contributed by atoms with E-state index in [1.807, 2.05) is 45.0 Å². The largest absolute Gasteiger partial charge is 0.497 e. The molecule has 0 amide bonds. The molecule has 136 valence electrons. The van der Waals surface area contributed by atoms with Crippen LogP contribution < -0.4 is 9.47 Å². The molecule has 2 rings (SSSR count). The lowest BCUT2D eigenvalue weighted by molar-refractivity contribution is 0.0840. The van der Waals surface area contributed by atoms with Crippen molar-refractivity contribution in [3.05, 3.63) is 24.3 Å². The van der Waals surface area contributed by atoms with Crippen molar-refractivity contribution in [3.63, 3.8) is 0 Å². The van der Waals surface area contributed by atoms with Gasteiger partial charge in [0.05, 0.1) is 13.7 Å². The number of hydrogen-bond acceptors (Lipinski definition) is 5. The Bertz CT molecular complexity index is 700. The number of ether oxygens (including phenoxy) is 2. The van der Waals surface area contributed by atoms with Gasteiger partial charge in [0.2, 0.25) is 5.91 Å². The van der Waals surface area contributed by atoms with Crippen LogP contribution in [0.5, 0.6) is 11.8 Å². The standard InChI is InChI=1S/C19H27N3O3/c1-6-7-12-25-18-20-17(14-8-10-15(24-5)11-9-14)22(21-18)16(23)13-19(2,3)4/h8-11H,6-7,12-13H2,1-5H3. The first-order valence-corrected chi connectivity index (χ1v) is 8.61. The fourth-order valence-corrected chi connectivity index (χ4v) is 2.29. The summed E-state index contributed by atoms with van der Waals surface area (Å²) in [5.74, 6) is 1.13. The molecule has 2 aromatic rings. The number of unbranched alkanes of at least 4 members (excludes halogenated alkanes) is 1. The van der Waals surface area contributed by atoms with Gasteiger partial charge in [-0.3, -0.25) is 4.79 Å². The van der Waals surface area contributed by atoms with Crippen molar-refractivity contribution in [3.8, 4) is 23.1 Å². The summed E-state index contributed by atoms with van der Waals surface area (Å²) in [7, 11) is 1.62. The molecule has 1 heterocycles. The minimum atomic E-state index is -0.135. The maximum Gasteiger partial charge on any atom is 0.336 e. The Hall–Kier alpha value is -2.37. The Morgan fingerprint density at radius 1 is 1.20 bits per heavy atom. The van der Waals surface area contributed by atoms with Gasteiger partial charge in [-0.05, 0) is 36.1 Å². The Labute approximate surface area is 149 Å². The summed E-state index contributed by atoms with van der Waals surface area (Å²) < 4.78 is 12.1. The normalized spacial score (nSPS) is 11.4. The molecule has 0 spiro atoms. The zero-order chi connectivity index (χ0) is 18.4. The average Bonchev–Trinajstić information content (AvgIpc) is 2.98. The Morgan fingerprint density at radius 2 is 1.88 bits per heavy atom. The molecule has 0 aliphatic heterocycles. The van der Waals surface area contributed by atoms with Crippen molar-refractivity contribution in [2.45, 2.75) is 47.0 Å². The summed E-state index contributed by atoms with van der Waals surface area (Å²) in [5, 5.41) is 4.29. The van der Waals surface area contributed by atoms with Crippen molar-refractivity contribution >= 4 is 5.91 Å². The van der Waals surface area contributed by atoms with Gasteiger partial charge in [0.25, 0.3) is 0 Å². The van der Waals surface area contributed by atoms with E-state index >= 15 is 0 Å². The number of nitrogens with zero attached hydrogens (tertiary/aromatic N) is 3. The van der Waals surface area contributed by atoms with Gasteiger partial charge < -0.3 is 9.47 Å². The van der Waals surface area contributed by atoms with E-state index in [4.69, 9.17) is 9.47 Å². The lowest BCUT2D eigenvalue weighted by Gasteiger charge is -2.16. The topological polar surface area (TPSA) is 66.2 Å². The van der Waals surface area contributed by atoms with Crippen LogP contribution in [0, 0.1) is 5.41 Å². The third kappa shape index (κ3) is 5.31. The van der Waals surface area contributed by atoms with Crippen LogP contribution in [0.25, 0.3) is 11.4 Å². The molecular formula is C19H27N3O3. The number of methoxy groups -OCH3 is 1. The van der Waals surface area contributed by atoms with E-state index < -0.39 is 0 Å². The number of benzene rings is 1. The zero-order valence-electron chi connectivity index (χ0n) is 15.7. The summed E-state index contributed by atoms with van der Waals surface area (Å²) in [5.41, 5.74) is 0.657. The second-order valence-electron chi connectivity index (χ2n) is 7.19. The van der Waals surface area contributed by atoms with Crippen LogP contribution in [-0.4, -0.2) is 34.4 Å². The van der Waals surface area contributed by atoms with E-state index in [1.54, 1.807) is 7.11 Å². The summed E-state index contributed by atoms with van der Waals surface area (Å²) in [6.45, 7) is 8.69. The molecule has 0 saturated heterocycles. The van der Waals surface area contributed by atoms with Gasteiger partial charge in [-0.15, -0.1) is 5.10 Å². The molecule has 0 N–H and O–H groups in total. The molecule has 0 aliphatic rings. The molecule has 25 heavy (non-hydrogen) atoms. The van der Waals surface area contributed by atoms with E-state index in [1.165, 1.54) is 4.68 Å². The van der Waals surface area contributed by atoms with Gasteiger partial charge in [-0.1, -0.05) is 34.1 Å². The van der Waals surface area contributed by atoms with Crippen molar-refractivity contribution in [2.24, 2.45) is 5.41 Å². The summed E-state index contributed by atoms with van der Waals surface area (Å²) >= 11 is 0. The highest BCUT2D eigenvalue weighted by Gasteiger charge is 2.23. The van der Waals surface area contributed by atoms with E-state index in [0.29, 0.717) is 18.9 Å². The van der Waals surface area contributed by atoms with Gasteiger partial charge in [0, 0.05) is 12.0 Å².